The summed E-state index contributed by atoms with van der Waals surface area (Å²) >= 11 is 3.49. The van der Waals surface area contributed by atoms with Crippen LogP contribution in [0.3, 0.4) is 0 Å². The summed E-state index contributed by atoms with van der Waals surface area (Å²) in [5, 5.41) is 0. The van der Waals surface area contributed by atoms with Crippen molar-refractivity contribution in [2.24, 2.45) is 5.92 Å². The minimum absolute atomic E-state index is 0.0480. The Balaban J connectivity index is 1.77. The lowest BCUT2D eigenvalue weighted by Crippen LogP contribution is -2.43. The number of rotatable bonds is 6. The fourth-order valence-electron chi connectivity index (χ4n) is 3.82. The summed E-state index contributed by atoms with van der Waals surface area (Å²) in [6.07, 6.45) is 8.20. The molecule has 0 bridgehead atoms. The van der Waals surface area contributed by atoms with Gasteiger partial charge in [0.2, 0.25) is 5.91 Å². The molecule has 1 saturated carbocycles. The van der Waals surface area contributed by atoms with E-state index in [0.29, 0.717) is 12.6 Å². The quantitative estimate of drug-likeness (QED) is 0.599. The fraction of sp³-hybridized carbons (Fsp3) is 0.500. The predicted octanol–water partition coefficient (Wildman–Crippen LogP) is 5.62. The average Bonchev–Trinajstić information content (AvgIpc) is 3.08. The van der Waals surface area contributed by atoms with Gasteiger partial charge in [0.1, 0.15) is 0 Å². The molecule has 3 rings (SSSR count). The van der Waals surface area contributed by atoms with Crippen LogP contribution in [0.5, 0.6) is 0 Å². The van der Waals surface area contributed by atoms with E-state index >= 15 is 0 Å². The van der Waals surface area contributed by atoms with E-state index in [1.165, 1.54) is 30.5 Å². The van der Waals surface area contributed by atoms with Crippen LogP contribution in [0.1, 0.15) is 57.2 Å². The second kappa shape index (κ2) is 8.90. The highest BCUT2D eigenvalue weighted by molar-refractivity contribution is 9.10. The van der Waals surface area contributed by atoms with Crippen molar-refractivity contribution in [1.29, 1.82) is 0 Å². The summed E-state index contributed by atoms with van der Waals surface area (Å²) in [5.41, 5.74) is 2.48. The normalized spacial score (nSPS) is 15.4. The number of hydrogen-bond acceptors (Lipinski definition) is 1. The van der Waals surface area contributed by atoms with Crippen LogP contribution in [0.25, 0.3) is 0 Å². The highest BCUT2D eigenvalue weighted by Gasteiger charge is 2.27. The van der Waals surface area contributed by atoms with Crippen LogP contribution in [0, 0.1) is 5.92 Å². The Labute approximate surface area is 165 Å². The van der Waals surface area contributed by atoms with Crippen molar-refractivity contribution in [3.63, 3.8) is 0 Å². The molecule has 1 aromatic heterocycles. The van der Waals surface area contributed by atoms with Crippen LogP contribution in [0.4, 0.5) is 0 Å². The van der Waals surface area contributed by atoms with Gasteiger partial charge in [0.15, 0.2) is 0 Å². The number of hydrogen-bond donors (Lipinski definition) is 0. The molecular weight excluding hydrogens is 388 g/mol. The third kappa shape index (κ3) is 4.79. The molecule has 0 saturated heterocycles. The third-order valence-electron chi connectivity index (χ3n) is 5.31. The van der Waals surface area contributed by atoms with Crippen molar-refractivity contribution in [2.45, 2.75) is 65.1 Å². The van der Waals surface area contributed by atoms with Crippen molar-refractivity contribution in [2.75, 3.05) is 0 Å². The van der Waals surface area contributed by atoms with E-state index in [0.717, 1.165) is 23.9 Å². The molecule has 4 heteroatoms. The molecule has 1 aliphatic rings. The zero-order valence-corrected chi connectivity index (χ0v) is 17.4. The number of amides is 1. The molecule has 2 aromatic rings. The SMILES string of the molecule is CC(C)C(=O)N(Cc1cccn1Cc1ccc(Br)cc1)C1CCCCC1. The van der Waals surface area contributed by atoms with E-state index in [-0.39, 0.29) is 11.8 Å². The van der Waals surface area contributed by atoms with Gasteiger partial charge in [0.05, 0.1) is 6.54 Å². The monoisotopic (exact) mass is 416 g/mol. The number of benzene rings is 1. The van der Waals surface area contributed by atoms with Gasteiger partial charge in [-0.1, -0.05) is 61.2 Å². The summed E-state index contributed by atoms with van der Waals surface area (Å²) in [6, 6.07) is 13.1. The summed E-state index contributed by atoms with van der Waals surface area (Å²) in [7, 11) is 0. The first-order valence-corrected chi connectivity index (χ1v) is 10.5. The highest BCUT2D eigenvalue weighted by atomic mass is 79.9. The smallest absolute Gasteiger partial charge is 0.225 e. The third-order valence-corrected chi connectivity index (χ3v) is 5.84. The Morgan fingerprint density at radius 2 is 1.85 bits per heavy atom. The van der Waals surface area contributed by atoms with Gasteiger partial charge in [-0.25, -0.2) is 0 Å². The molecule has 0 radical (unpaired) electrons. The van der Waals surface area contributed by atoms with E-state index in [9.17, 15) is 4.79 Å². The molecule has 0 N–H and O–H groups in total. The standard InChI is InChI=1S/C22H29BrN2O/c1-17(2)22(26)25(20-7-4-3-5-8-20)16-21-9-6-14-24(21)15-18-10-12-19(23)13-11-18/h6,9-14,17,20H,3-5,7-8,15-16H2,1-2H3. The molecule has 0 atom stereocenters. The predicted molar refractivity (Wildman–Crippen MR) is 110 cm³/mol. The maximum atomic E-state index is 12.9. The lowest BCUT2D eigenvalue weighted by molar-refractivity contribution is -0.138. The zero-order valence-electron chi connectivity index (χ0n) is 15.8. The molecule has 26 heavy (non-hydrogen) atoms. The number of nitrogens with zero attached hydrogens (tertiary/aromatic N) is 2. The lowest BCUT2D eigenvalue weighted by atomic mass is 9.93. The van der Waals surface area contributed by atoms with Gasteiger partial charge in [-0.15, -0.1) is 0 Å². The maximum Gasteiger partial charge on any atom is 0.225 e. The molecule has 0 aliphatic heterocycles. The first kappa shape index (κ1) is 19.2. The van der Waals surface area contributed by atoms with E-state index in [2.05, 4.69) is 68.0 Å². The second-order valence-electron chi connectivity index (χ2n) is 7.67. The minimum Gasteiger partial charge on any atom is -0.345 e. The van der Waals surface area contributed by atoms with Crippen molar-refractivity contribution in [3.05, 3.63) is 58.3 Å². The fourth-order valence-corrected chi connectivity index (χ4v) is 4.08. The summed E-state index contributed by atoms with van der Waals surface area (Å²) < 4.78 is 3.37. The second-order valence-corrected chi connectivity index (χ2v) is 8.58. The maximum absolute atomic E-state index is 12.9. The molecule has 0 spiro atoms. The van der Waals surface area contributed by atoms with Gasteiger partial charge in [-0.05, 0) is 42.7 Å². The molecule has 1 fully saturated rings. The molecule has 3 nitrogen and oxygen atoms in total. The zero-order chi connectivity index (χ0) is 18.5. The van der Waals surface area contributed by atoms with Crippen molar-refractivity contribution >= 4 is 21.8 Å². The Kier molecular flexibility index (Phi) is 6.58. The van der Waals surface area contributed by atoms with Gasteiger partial charge in [-0.3, -0.25) is 4.79 Å². The average molecular weight is 417 g/mol. The largest absolute Gasteiger partial charge is 0.345 e. The minimum atomic E-state index is 0.0480. The van der Waals surface area contributed by atoms with Gasteiger partial charge < -0.3 is 9.47 Å². The van der Waals surface area contributed by atoms with Crippen LogP contribution >= 0.6 is 15.9 Å². The number of carbonyl (C=O) groups excluding carboxylic acids is 1. The Morgan fingerprint density at radius 1 is 1.15 bits per heavy atom. The van der Waals surface area contributed by atoms with E-state index in [1.807, 2.05) is 13.8 Å². The van der Waals surface area contributed by atoms with Crippen LogP contribution in [0.15, 0.2) is 47.1 Å². The van der Waals surface area contributed by atoms with Gasteiger partial charge >= 0.3 is 0 Å². The Hall–Kier alpha value is -1.55. The molecule has 140 valence electrons. The van der Waals surface area contributed by atoms with Crippen LogP contribution in [-0.2, 0) is 17.9 Å². The summed E-state index contributed by atoms with van der Waals surface area (Å²) in [5.74, 6) is 0.333. The molecule has 1 amide bonds. The van der Waals surface area contributed by atoms with E-state index < -0.39 is 0 Å². The summed E-state index contributed by atoms with van der Waals surface area (Å²) in [6.45, 7) is 5.58. The van der Waals surface area contributed by atoms with Gasteiger partial charge in [-0.2, -0.15) is 0 Å². The van der Waals surface area contributed by atoms with E-state index in [4.69, 9.17) is 0 Å². The van der Waals surface area contributed by atoms with Crippen molar-refractivity contribution < 1.29 is 4.79 Å². The van der Waals surface area contributed by atoms with Crippen LogP contribution in [0.2, 0.25) is 0 Å². The Morgan fingerprint density at radius 3 is 2.50 bits per heavy atom. The highest BCUT2D eigenvalue weighted by Crippen LogP contribution is 2.26. The van der Waals surface area contributed by atoms with Gasteiger partial charge in [0, 0.05) is 34.9 Å². The van der Waals surface area contributed by atoms with Crippen LogP contribution in [-0.4, -0.2) is 21.4 Å². The van der Waals surface area contributed by atoms with Crippen molar-refractivity contribution in [1.82, 2.24) is 9.47 Å². The van der Waals surface area contributed by atoms with E-state index in [1.54, 1.807) is 0 Å². The number of halogens is 1. The summed E-state index contributed by atoms with van der Waals surface area (Å²) in [4.78, 5) is 15.0. The molecule has 1 aromatic carbocycles. The molecular formula is C22H29BrN2O. The Bertz CT molecular complexity index is 714. The number of carbonyl (C=O) groups is 1. The molecule has 1 heterocycles. The molecule has 1 aliphatic carbocycles. The lowest BCUT2D eigenvalue weighted by Gasteiger charge is -2.36. The molecule has 0 unspecified atom stereocenters. The topological polar surface area (TPSA) is 25.2 Å². The number of aromatic nitrogens is 1. The first-order chi connectivity index (χ1) is 12.5. The van der Waals surface area contributed by atoms with Crippen molar-refractivity contribution in [3.8, 4) is 0 Å². The van der Waals surface area contributed by atoms with Gasteiger partial charge in [0.25, 0.3) is 0 Å². The van der Waals surface area contributed by atoms with Crippen LogP contribution < -0.4 is 0 Å². The first-order valence-electron chi connectivity index (χ1n) is 9.73.